The zero-order valence-corrected chi connectivity index (χ0v) is 10.9. The Balaban J connectivity index is 3.50. The lowest BCUT2D eigenvalue weighted by Gasteiger charge is -2.09. The van der Waals surface area contributed by atoms with E-state index in [1.54, 1.807) is 0 Å². The Hall–Kier alpha value is -0.470. The van der Waals surface area contributed by atoms with Crippen LogP contribution in [0.15, 0.2) is 15.6 Å². The van der Waals surface area contributed by atoms with Crippen LogP contribution >= 0.6 is 26.6 Å². The molecule has 0 saturated carbocycles. The van der Waals surface area contributed by atoms with Crippen molar-refractivity contribution in [2.45, 2.75) is 11.5 Å². The molecule has 0 aliphatic carbocycles. The first-order chi connectivity index (χ1) is 7.27. The van der Waals surface area contributed by atoms with Crippen molar-refractivity contribution < 1.29 is 21.9 Å². The molecule has 0 radical (unpaired) electrons. The Morgan fingerprint density at radius 2 is 2.12 bits per heavy atom. The molecule has 0 amide bonds. The predicted molar refractivity (Wildman–Crippen MR) is 56.5 cm³/mol. The van der Waals surface area contributed by atoms with Gasteiger partial charge < -0.3 is 4.74 Å². The summed E-state index contributed by atoms with van der Waals surface area (Å²) in [4.78, 5) is 3.41. The molecule has 4 nitrogen and oxygen atoms in total. The molecule has 0 atom stereocenters. The van der Waals surface area contributed by atoms with Gasteiger partial charge in [0.2, 0.25) is 5.88 Å². The van der Waals surface area contributed by atoms with Crippen LogP contribution < -0.4 is 4.74 Å². The van der Waals surface area contributed by atoms with Crippen molar-refractivity contribution in [2.75, 3.05) is 7.11 Å². The lowest BCUT2D eigenvalue weighted by atomic mass is 10.3. The largest absolute Gasteiger partial charge is 0.481 e. The standard InChI is InChI=1S/C7H5BrClF2NO3S/c1-15-6-3(5(10)11)2-4(8)7(12-6)16(9,13)14/h2,5H,1H3. The highest BCUT2D eigenvalue weighted by atomic mass is 79.9. The Labute approximate surface area is 103 Å². The summed E-state index contributed by atoms with van der Waals surface area (Å²) in [5, 5.41) is -0.560. The van der Waals surface area contributed by atoms with Gasteiger partial charge in [-0.15, -0.1) is 0 Å². The van der Waals surface area contributed by atoms with E-state index in [-0.39, 0.29) is 4.47 Å². The maximum atomic E-state index is 12.5. The van der Waals surface area contributed by atoms with Crippen LogP contribution in [-0.4, -0.2) is 20.5 Å². The summed E-state index contributed by atoms with van der Waals surface area (Å²) in [6.07, 6.45) is -2.83. The number of methoxy groups -OCH3 is 1. The first-order valence-electron chi connectivity index (χ1n) is 3.74. The number of aromatic nitrogens is 1. The molecule has 0 bridgehead atoms. The van der Waals surface area contributed by atoms with Crippen molar-refractivity contribution in [3.63, 3.8) is 0 Å². The Morgan fingerprint density at radius 3 is 2.50 bits per heavy atom. The third-order valence-corrected chi connectivity index (χ3v) is 3.67. The second-order valence-electron chi connectivity index (χ2n) is 2.61. The molecule has 0 spiro atoms. The second kappa shape index (κ2) is 4.80. The first-order valence-corrected chi connectivity index (χ1v) is 6.85. The molecule has 0 saturated heterocycles. The van der Waals surface area contributed by atoms with Crippen LogP contribution in [0.3, 0.4) is 0 Å². The molecule has 90 valence electrons. The Morgan fingerprint density at radius 1 is 1.56 bits per heavy atom. The van der Waals surface area contributed by atoms with E-state index in [0.29, 0.717) is 0 Å². The Bertz CT molecular complexity index is 509. The summed E-state index contributed by atoms with van der Waals surface area (Å²) in [6.45, 7) is 0. The summed E-state index contributed by atoms with van der Waals surface area (Å²) in [5.74, 6) is -0.475. The fourth-order valence-electron chi connectivity index (χ4n) is 0.961. The highest BCUT2D eigenvalue weighted by Crippen LogP contribution is 2.34. The number of pyridine rings is 1. The van der Waals surface area contributed by atoms with E-state index in [4.69, 9.17) is 10.7 Å². The lowest BCUT2D eigenvalue weighted by Crippen LogP contribution is -2.03. The molecular weight excluding hydrogens is 332 g/mol. The molecular formula is C7H5BrClF2NO3S. The summed E-state index contributed by atoms with van der Waals surface area (Å²) in [5.41, 5.74) is -0.515. The van der Waals surface area contributed by atoms with Crippen LogP contribution in [0.4, 0.5) is 8.78 Å². The second-order valence-corrected chi connectivity index (χ2v) is 5.95. The molecule has 0 aromatic carbocycles. The number of alkyl halides is 2. The molecule has 0 aliphatic heterocycles. The molecule has 16 heavy (non-hydrogen) atoms. The van der Waals surface area contributed by atoms with Crippen molar-refractivity contribution in [1.29, 1.82) is 0 Å². The topological polar surface area (TPSA) is 56.3 Å². The van der Waals surface area contributed by atoms with Crippen LogP contribution in [0.25, 0.3) is 0 Å². The average Bonchev–Trinajstić information content (AvgIpc) is 2.15. The number of rotatable bonds is 3. The van der Waals surface area contributed by atoms with Gasteiger partial charge in [0.15, 0.2) is 5.03 Å². The molecule has 1 aromatic rings. The van der Waals surface area contributed by atoms with E-state index in [9.17, 15) is 17.2 Å². The fraction of sp³-hybridized carbons (Fsp3) is 0.286. The van der Waals surface area contributed by atoms with Gasteiger partial charge in [0, 0.05) is 10.7 Å². The van der Waals surface area contributed by atoms with Crippen LogP contribution in [0.1, 0.15) is 12.0 Å². The zero-order chi connectivity index (χ0) is 12.5. The predicted octanol–water partition coefficient (Wildman–Crippen LogP) is 2.72. The molecule has 1 rings (SSSR count). The maximum absolute atomic E-state index is 12.5. The van der Waals surface area contributed by atoms with Crippen molar-refractivity contribution in [3.05, 3.63) is 16.1 Å². The maximum Gasteiger partial charge on any atom is 0.279 e. The van der Waals surface area contributed by atoms with E-state index < -0.39 is 31.9 Å². The normalized spacial score (nSPS) is 11.9. The average molecular weight is 337 g/mol. The number of hydrogen-bond donors (Lipinski definition) is 0. The molecule has 0 fully saturated rings. The third kappa shape index (κ3) is 2.80. The van der Waals surface area contributed by atoms with Gasteiger partial charge >= 0.3 is 0 Å². The highest BCUT2D eigenvalue weighted by molar-refractivity contribution is 9.10. The third-order valence-electron chi connectivity index (χ3n) is 1.60. The Kier molecular flexibility index (Phi) is 4.08. The summed E-state index contributed by atoms with van der Waals surface area (Å²) >= 11 is 2.80. The molecule has 0 aliphatic rings. The minimum absolute atomic E-state index is 0.140. The van der Waals surface area contributed by atoms with Gasteiger partial charge in [-0.2, -0.15) is 4.98 Å². The number of ether oxygens (including phenoxy) is 1. The van der Waals surface area contributed by atoms with E-state index in [2.05, 4.69) is 25.7 Å². The van der Waals surface area contributed by atoms with E-state index in [1.165, 1.54) is 0 Å². The van der Waals surface area contributed by atoms with E-state index in [1.807, 2.05) is 0 Å². The highest BCUT2D eigenvalue weighted by Gasteiger charge is 2.23. The SMILES string of the molecule is COc1nc(S(=O)(=O)Cl)c(Br)cc1C(F)F. The lowest BCUT2D eigenvalue weighted by molar-refractivity contribution is 0.145. The smallest absolute Gasteiger partial charge is 0.279 e. The summed E-state index contributed by atoms with van der Waals surface area (Å²) in [7, 11) is 2.05. The summed E-state index contributed by atoms with van der Waals surface area (Å²) in [6, 6.07) is 0.908. The van der Waals surface area contributed by atoms with Gasteiger partial charge in [0.05, 0.1) is 17.1 Å². The van der Waals surface area contributed by atoms with Gasteiger partial charge in [-0.1, -0.05) is 0 Å². The van der Waals surface area contributed by atoms with E-state index in [0.717, 1.165) is 13.2 Å². The number of halogens is 4. The van der Waals surface area contributed by atoms with Crippen LogP contribution in [0.2, 0.25) is 0 Å². The minimum Gasteiger partial charge on any atom is -0.481 e. The van der Waals surface area contributed by atoms with Crippen molar-refractivity contribution in [1.82, 2.24) is 4.98 Å². The zero-order valence-electron chi connectivity index (χ0n) is 7.75. The van der Waals surface area contributed by atoms with Crippen LogP contribution in [0, 0.1) is 0 Å². The van der Waals surface area contributed by atoms with Crippen molar-refractivity contribution >= 4 is 35.7 Å². The van der Waals surface area contributed by atoms with Crippen molar-refractivity contribution in [2.24, 2.45) is 0 Å². The molecule has 1 heterocycles. The molecule has 0 N–H and O–H groups in total. The van der Waals surface area contributed by atoms with Crippen molar-refractivity contribution in [3.8, 4) is 5.88 Å². The first kappa shape index (κ1) is 13.6. The van der Waals surface area contributed by atoms with Crippen LogP contribution in [-0.2, 0) is 9.05 Å². The molecule has 9 heteroatoms. The summed E-state index contributed by atoms with van der Waals surface area (Å²) < 4.78 is 51.5. The number of hydrogen-bond acceptors (Lipinski definition) is 4. The van der Waals surface area contributed by atoms with Gasteiger partial charge in [-0.3, -0.25) is 0 Å². The van der Waals surface area contributed by atoms with Gasteiger partial charge in [-0.05, 0) is 22.0 Å². The van der Waals surface area contributed by atoms with Crippen LogP contribution in [0.5, 0.6) is 5.88 Å². The monoisotopic (exact) mass is 335 g/mol. The molecule has 1 aromatic heterocycles. The van der Waals surface area contributed by atoms with Gasteiger partial charge in [0.1, 0.15) is 0 Å². The van der Waals surface area contributed by atoms with Gasteiger partial charge in [-0.25, -0.2) is 17.2 Å². The van der Waals surface area contributed by atoms with E-state index >= 15 is 0 Å². The quantitative estimate of drug-likeness (QED) is 0.796. The molecule has 0 unspecified atom stereocenters. The fourth-order valence-corrected chi connectivity index (χ4v) is 3.05. The number of nitrogens with zero attached hydrogens (tertiary/aromatic N) is 1. The minimum atomic E-state index is -4.12. The van der Waals surface area contributed by atoms with Gasteiger partial charge in [0.25, 0.3) is 15.5 Å².